The van der Waals surface area contributed by atoms with Gasteiger partial charge in [-0.25, -0.2) is 0 Å². The third-order valence-corrected chi connectivity index (χ3v) is 4.18. The Morgan fingerprint density at radius 3 is 2.84 bits per heavy atom. The lowest BCUT2D eigenvalue weighted by atomic mass is 10.2. The van der Waals surface area contributed by atoms with Gasteiger partial charge < -0.3 is 16.4 Å². The van der Waals surface area contributed by atoms with Crippen molar-refractivity contribution in [3.05, 3.63) is 18.2 Å². The van der Waals surface area contributed by atoms with Crippen LogP contribution in [0.25, 0.3) is 0 Å². The number of carbonyl (C=O) groups is 2. The molecule has 0 atom stereocenters. The normalized spacial score (nSPS) is 18.7. The van der Waals surface area contributed by atoms with Crippen molar-refractivity contribution in [2.75, 3.05) is 16.4 Å². The molecule has 1 heterocycles. The van der Waals surface area contributed by atoms with Gasteiger partial charge in [-0.1, -0.05) is 0 Å². The molecule has 7 heteroatoms. The molecule has 3 rings (SSSR count). The maximum absolute atomic E-state index is 11.8. The second-order valence-corrected chi connectivity index (χ2v) is 5.68. The molecular formula is C12H14ClN3O2S. The summed E-state index contributed by atoms with van der Waals surface area (Å²) < 4.78 is 0. The highest BCUT2D eigenvalue weighted by Gasteiger charge is 2.45. The quantitative estimate of drug-likeness (QED) is 0.774. The number of carbonyl (C=O) groups excluding carboxylic acids is 2. The molecule has 1 aromatic carbocycles. The molecule has 0 spiro atoms. The maximum Gasteiger partial charge on any atom is 0.244 e. The van der Waals surface area contributed by atoms with Crippen molar-refractivity contribution in [1.82, 2.24) is 0 Å². The number of benzene rings is 1. The number of nitrogens with one attached hydrogen (secondary N) is 2. The first-order valence-corrected chi connectivity index (χ1v) is 6.72. The zero-order chi connectivity index (χ0) is 12.8. The number of halogens is 1. The molecule has 1 aromatic rings. The van der Waals surface area contributed by atoms with Crippen molar-refractivity contribution >= 4 is 47.4 Å². The number of fused-ring (bicyclic) bond motifs is 1. The molecular weight excluding hydrogens is 286 g/mol. The van der Waals surface area contributed by atoms with Crippen LogP contribution >= 0.6 is 24.2 Å². The van der Waals surface area contributed by atoms with Crippen LogP contribution in [0, 0.1) is 0 Å². The highest BCUT2D eigenvalue weighted by atomic mass is 35.5. The molecule has 1 fully saturated rings. The summed E-state index contributed by atoms with van der Waals surface area (Å²) in [6.07, 6.45) is 1.47. The largest absolute Gasteiger partial charge is 0.324 e. The van der Waals surface area contributed by atoms with Crippen LogP contribution in [-0.4, -0.2) is 23.1 Å². The minimum absolute atomic E-state index is 0. The van der Waals surface area contributed by atoms with Gasteiger partial charge in [0.1, 0.15) is 0 Å². The number of amides is 2. The van der Waals surface area contributed by atoms with Crippen LogP contribution in [0.4, 0.5) is 11.4 Å². The van der Waals surface area contributed by atoms with Crippen LogP contribution in [-0.2, 0) is 9.59 Å². The molecule has 0 radical (unpaired) electrons. The van der Waals surface area contributed by atoms with Crippen LogP contribution in [0.3, 0.4) is 0 Å². The molecule has 19 heavy (non-hydrogen) atoms. The Morgan fingerprint density at radius 2 is 2.16 bits per heavy atom. The second kappa shape index (κ2) is 5.03. The van der Waals surface area contributed by atoms with E-state index in [2.05, 4.69) is 10.6 Å². The fourth-order valence-electron chi connectivity index (χ4n) is 1.78. The Balaban J connectivity index is 0.00000133. The number of hydrogen-bond donors (Lipinski definition) is 3. The Labute approximate surface area is 121 Å². The predicted octanol–water partition coefficient (Wildman–Crippen LogP) is 1.58. The molecule has 102 valence electrons. The van der Waals surface area contributed by atoms with Crippen LogP contribution < -0.4 is 16.4 Å². The molecule has 1 saturated carbocycles. The van der Waals surface area contributed by atoms with E-state index in [9.17, 15) is 9.59 Å². The van der Waals surface area contributed by atoms with Crippen molar-refractivity contribution in [3.8, 4) is 0 Å². The average Bonchev–Trinajstić information content (AvgIpc) is 3.08. The first-order chi connectivity index (χ1) is 8.57. The van der Waals surface area contributed by atoms with E-state index in [1.807, 2.05) is 12.1 Å². The Morgan fingerprint density at radius 1 is 1.42 bits per heavy atom. The van der Waals surface area contributed by atoms with E-state index >= 15 is 0 Å². The molecule has 5 nitrogen and oxygen atoms in total. The Hall–Kier alpha value is -1.24. The Kier molecular flexibility index (Phi) is 3.75. The van der Waals surface area contributed by atoms with E-state index in [1.165, 1.54) is 11.8 Å². The molecule has 1 aliphatic heterocycles. The zero-order valence-electron chi connectivity index (χ0n) is 10.1. The van der Waals surface area contributed by atoms with Crippen molar-refractivity contribution < 1.29 is 9.59 Å². The lowest BCUT2D eigenvalue weighted by Crippen LogP contribution is -2.37. The third-order valence-electron chi connectivity index (χ3n) is 3.11. The first kappa shape index (κ1) is 14.2. The fraction of sp³-hybridized carbons (Fsp3) is 0.333. The van der Waals surface area contributed by atoms with Crippen molar-refractivity contribution in [1.29, 1.82) is 0 Å². The molecule has 4 N–H and O–H groups in total. The van der Waals surface area contributed by atoms with Crippen molar-refractivity contribution in [2.24, 2.45) is 5.73 Å². The lowest BCUT2D eigenvalue weighted by Gasteiger charge is -2.18. The minimum Gasteiger partial charge on any atom is -0.324 e. The van der Waals surface area contributed by atoms with E-state index in [1.54, 1.807) is 6.07 Å². The summed E-state index contributed by atoms with van der Waals surface area (Å²) >= 11 is 1.49. The number of thioether (sulfide) groups is 1. The molecule has 2 amide bonds. The van der Waals surface area contributed by atoms with Gasteiger partial charge >= 0.3 is 0 Å². The van der Waals surface area contributed by atoms with Gasteiger partial charge in [0.2, 0.25) is 11.8 Å². The summed E-state index contributed by atoms with van der Waals surface area (Å²) in [6, 6.07) is 5.49. The average molecular weight is 300 g/mol. The number of nitrogens with two attached hydrogens (primary N) is 1. The van der Waals surface area contributed by atoms with Crippen LogP contribution in [0.15, 0.2) is 23.1 Å². The van der Waals surface area contributed by atoms with Gasteiger partial charge in [-0.05, 0) is 31.0 Å². The van der Waals surface area contributed by atoms with Crippen LogP contribution in [0.1, 0.15) is 12.8 Å². The molecule has 0 unspecified atom stereocenters. The maximum atomic E-state index is 11.8. The number of rotatable bonds is 2. The standard InChI is InChI=1S/C12H13N3O2S.ClH/c13-12(3-4-12)11(17)14-7-1-2-9-8(5-7)15-10(16)6-18-9;/h1-2,5H,3-4,6,13H2,(H,14,17)(H,15,16);1H. The van der Waals surface area contributed by atoms with Gasteiger partial charge in [-0.15, -0.1) is 24.2 Å². The summed E-state index contributed by atoms with van der Waals surface area (Å²) in [5.74, 6) is 0.260. The molecule has 2 aliphatic rings. The lowest BCUT2D eigenvalue weighted by molar-refractivity contribution is -0.118. The van der Waals surface area contributed by atoms with Crippen LogP contribution in [0.5, 0.6) is 0 Å². The van der Waals surface area contributed by atoms with E-state index in [0.29, 0.717) is 11.4 Å². The first-order valence-electron chi connectivity index (χ1n) is 5.74. The van der Waals surface area contributed by atoms with Gasteiger partial charge in [-0.2, -0.15) is 0 Å². The topological polar surface area (TPSA) is 84.2 Å². The molecule has 0 aromatic heterocycles. The highest BCUT2D eigenvalue weighted by molar-refractivity contribution is 8.00. The van der Waals surface area contributed by atoms with Crippen LogP contribution in [0.2, 0.25) is 0 Å². The van der Waals surface area contributed by atoms with Gasteiger partial charge in [0.15, 0.2) is 0 Å². The smallest absolute Gasteiger partial charge is 0.244 e. The third kappa shape index (κ3) is 2.86. The molecule has 0 saturated heterocycles. The summed E-state index contributed by atoms with van der Waals surface area (Å²) in [6.45, 7) is 0. The summed E-state index contributed by atoms with van der Waals surface area (Å²) in [4.78, 5) is 24.1. The summed E-state index contributed by atoms with van der Waals surface area (Å²) in [7, 11) is 0. The summed E-state index contributed by atoms with van der Waals surface area (Å²) in [5.41, 5.74) is 6.54. The number of hydrogen-bond acceptors (Lipinski definition) is 4. The van der Waals surface area contributed by atoms with E-state index in [0.717, 1.165) is 23.4 Å². The van der Waals surface area contributed by atoms with Gasteiger partial charge in [-0.3, -0.25) is 9.59 Å². The fourth-order valence-corrected chi connectivity index (χ4v) is 2.57. The second-order valence-electron chi connectivity index (χ2n) is 4.66. The van der Waals surface area contributed by atoms with Gasteiger partial charge in [0.25, 0.3) is 0 Å². The molecule has 1 aliphatic carbocycles. The van der Waals surface area contributed by atoms with Gasteiger partial charge in [0.05, 0.1) is 17.0 Å². The predicted molar refractivity (Wildman–Crippen MR) is 77.8 cm³/mol. The monoisotopic (exact) mass is 299 g/mol. The van der Waals surface area contributed by atoms with E-state index in [4.69, 9.17) is 5.73 Å². The van der Waals surface area contributed by atoms with Gasteiger partial charge in [0, 0.05) is 10.6 Å². The number of anilines is 2. The molecule has 0 bridgehead atoms. The summed E-state index contributed by atoms with van der Waals surface area (Å²) in [5, 5.41) is 5.57. The zero-order valence-corrected chi connectivity index (χ0v) is 11.7. The van der Waals surface area contributed by atoms with Crippen molar-refractivity contribution in [2.45, 2.75) is 23.3 Å². The highest BCUT2D eigenvalue weighted by Crippen LogP contribution is 2.36. The van der Waals surface area contributed by atoms with E-state index < -0.39 is 5.54 Å². The SMILES string of the molecule is Cl.NC1(C(=O)Nc2ccc3c(c2)NC(=O)CS3)CC1. The minimum atomic E-state index is -0.687. The Bertz CT molecular complexity index is 546. The van der Waals surface area contributed by atoms with E-state index in [-0.39, 0.29) is 24.2 Å². The van der Waals surface area contributed by atoms with Crippen molar-refractivity contribution in [3.63, 3.8) is 0 Å².